The summed E-state index contributed by atoms with van der Waals surface area (Å²) in [6.45, 7) is 2.26. The topological polar surface area (TPSA) is 12.5 Å². The fourth-order valence-corrected chi connectivity index (χ4v) is 5.72. The van der Waals surface area contributed by atoms with E-state index in [0.29, 0.717) is 5.92 Å². The van der Waals surface area contributed by atoms with E-state index in [2.05, 4.69) is 48.3 Å². The van der Waals surface area contributed by atoms with Crippen LogP contribution in [0.1, 0.15) is 47.4 Å². The summed E-state index contributed by atoms with van der Waals surface area (Å²) in [6, 6.07) is 13.7. The number of likely N-dealkylation sites (N-methyl/N-ethyl adjacent to an activating group) is 1. The van der Waals surface area contributed by atoms with Gasteiger partial charge < -0.3 is 9.64 Å². The first-order valence-corrected chi connectivity index (χ1v) is 11.3. The quantitative estimate of drug-likeness (QED) is 0.671. The van der Waals surface area contributed by atoms with Crippen molar-refractivity contribution in [2.45, 2.75) is 49.3 Å². The van der Waals surface area contributed by atoms with Crippen LogP contribution in [0.3, 0.4) is 0 Å². The normalized spacial score (nSPS) is 18.9. The van der Waals surface area contributed by atoms with Crippen LogP contribution in [0.2, 0.25) is 0 Å². The zero-order valence-electron chi connectivity index (χ0n) is 16.7. The Morgan fingerprint density at radius 3 is 2.96 bits per heavy atom. The fourth-order valence-electron chi connectivity index (χ4n) is 4.62. The number of thioether (sulfide) groups is 1. The first-order chi connectivity index (χ1) is 13.2. The average molecular weight is 382 g/mol. The van der Waals surface area contributed by atoms with Crippen LogP contribution < -0.4 is 4.74 Å². The Bertz CT molecular complexity index is 788. The number of fused-ring (bicyclic) bond motifs is 2. The van der Waals surface area contributed by atoms with Crippen molar-refractivity contribution in [2.75, 3.05) is 33.0 Å². The van der Waals surface area contributed by atoms with Crippen molar-refractivity contribution in [3.05, 3.63) is 58.7 Å². The number of benzene rings is 2. The second kappa shape index (κ2) is 8.70. The molecule has 1 aliphatic carbocycles. The third-order valence-electron chi connectivity index (χ3n) is 6.10. The molecule has 2 nitrogen and oxygen atoms in total. The van der Waals surface area contributed by atoms with Crippen LogP contribution in [0.15, 0.2) is 41.3 Å². The van der Waals surface area contributed by atoms with Gasteiger partial charge in [0, 0.05) is 18.0 Å². The van der Waals surface area contributed by atoms with Crippen molar-refractivity contribution < 1.29 is 4.74 Å². The molecule has 0 bridgehead atoms. The van der Waals surface area contributed by atoms with Crippen LogP contribution in [-0.2, 0) is 19.3 Å². The van der Waals surface area contributed by atoms with Crippen LogP contribution in [0.5, 0.6) is 5.75 Å². The molecule has 1 heterocycles. The molecule has 1 aliphatic heterocycles. The number of hydrogen-bond donors (Lipinski definition) is 0. The molecule has 1 unspecified atom stereocenters. The van der Waals surface area contributed by atoms with E-state index < -0.39 is 0 Å². The maximum absolute atomic E-state index is 5.60. The highest BCUT2D eigenvalue weighted by molar-refractivity contribution is 7.99. The first kappa shape index (κ1) is 18.9. The second-order valence-corrected chi connectivity index (χ2v) is 9.16. The van der Waals surface area contributed by atoms with Gasteiger partial charge in [-0.25, -0.2) is 0 Å². The highest BCUT2D eigenvalue weighted by Gasteiger charge is 2.23. The van der Waals surface area contributed by atoms with Gasteiger partial charge in [-0.2, -0.15) is 0 Å². The molecule has 3 heteroatoms. The summed E-state index contributed by atoms with van der Waals surface area (Å²) >= 11 is 2.04. The second-order valence-electron chi connectivity index (χ2n) is 8.02. The predicted molar refractivity (Wildman–Crippen MR) is 115 cm³/mol. The summed E-state index contributed by atoms with van der Waals surface area (Å²) < 4.78 is 5.60. The highest BCUT2D eigenvalue weighted by atomic mass is 32.2. The van der Waals surface area contributed by atoms with Gasteiger partial charge in [-0.1, -0.05) is 24.3 Å². The maximum Gasteiger partial charge on any atom is 0.122 e. The summed E-state index contributed by atoms with van der Waals surface area (Å²) in [5.74, 6) is 2.99. The van der Waals surface area contributed by atoms with E-state index in [4.69, 9.17) is 4.74 Å². The molecule has 0 N–H and O–H groups in total. The third kappa shape index (κ3) is 4.35. The summed E-state index contributed by atoms with van der Waals surface area (Å²) in [5, 5.41) is 0. The Labute approximate surface area is 168 Å². The Kier molecular flexibility index (Phi) is 6.09. The third-order valence-corrected chi connectivity index (χ3v) is 7.29. The zero-order valence-corrected chi connectivity index (χ0v) is 17.5. The Morgan fingerprint density at radius 2 is 2.07 bits per heavy atom. The molecule has 1 atom stereocenters. The van der Waals surface area contributed by atoms with Crippen LogP contribution >= 0.6 is 11.8 Å². The van der Waals surface area contributed by atoms with Crippen molar-refractivity contribution in [3.63, 3.8) is 0 Å². The van der Waals surface area contributed by atoms with Crippen LogP contribution in [-0.4, -0.2) is 37.9 Å². The number of nitrogens with zero attached hydrogens (tertiary/aromatic N) is 1. The minimum atomic E-state index is 0.632. The molecule has 4 rings (SSSR count). The molecule has 0 saturated carbocycles. The van der Waals surface area contributed by atoms with Crippen LogP contribution in [0, 0.1) is 0 Å². The van der Waals surface area contributed by atoms with Gasteiger partial charge in [-0.05, 0) is 91.6 Å². The standard InChI is InChI=1S/C24H31NOS/c1-25(14-13-18-11-12-19-7-5-15-27-24(19)16-18)17-20-6-3-9-22-21(20)8-4-10-23(22)26-2/h4,8,10-12,16,20H,3,5-7,9,13-15,17H2,1-2H3. The molecule has 0 spiro atoms. The lowest BCUT2D eigenvalue weighted by Gasteiger charge is -2.30. The van der Waals surface area contributed by atoms with Gasteiger partial charge in [0.1, 0.15) is 5.75 Å². The Hall–Kier alpha value is -1.45. The molecule has 2 aromatic carbocycles. The van der Waals surface area contributed by atoms with Crippen molar-refractivity contribution in [2.24, 2.45) is 0 Å². The van der Waals surface area contributed by atoms with E-state index in [9.17, 15) is 0 Å². The number of hydrogen-bond acceptors (Lipinski definition) is 3. The average Bonchev–Trinajstić information content (AvgIpc) is 2.72. The van der Waals surface area contributed by atoms with E-state index in [1.807, 2.05) is 11.8 Å². The number of ether oxygens (including phenoxy) is 1. The maximum atomic E-state index is 5.60. The summed E-state index contributed by atoms with van der Waals surface area (Å²) in [7, 11) is 4.07. The lowest BCUT2D eigenvalue weighted by atomic mass is 9.82. The van der Waals surface area contributed by atoms with Crippen molar-refractivity contribution in [3.8, 4) is 5.75 Å². The summed E-state index contributed by atoms with van der Waals surface area (Å²) in [5.41, 5.74) is 5.99. The van der Waals surface area contributed by atoms with Crippen molar-refractivity contribution in [1.29, 1.82) is 0 Å². The van der Waals surface area contributed by atoms with Gasteiger partial charge in [0.05, 0.1) is 7.11 Å². The molecular formula is C24H31NOS. The van der Waals surface area contributed by atoms with Crippen LogP contribution in [0.4, 0.5) is 0 Å². The lowest BCUT2D eigenvalue weighted by Crippen LogP contribution is -2.28. The Balaban J connectivity index is 1.37. The minimum absolute atomic E-state index is 0.632. The van der Waals surface area contributed by atoms with Gasteiger partial charge >= 0.3 is 0 Å². The molecular weight excluding hydrogens is 350 g/mol. The summed E-state index contributed by atoms with van der Waals surface area (Å²) in [6.07, 6.45) is 7.45. The molecule has 27 heavy (non-hydrogen) atoms. The molecule has 2 aromatic rings. The van der Waals surface area contributed by atoms with Crippen molar-refractivity contribution >= 4 is 11.8 Å². The van der Waals surface area contributed by atoms with E-state index in [1.165, 1.54) is 53.0 Å². The molecule has 0 saturated heterocycles. The van der Waals surface area contributed by atoms with Gasteiger partial charge in [0.15, 0.2) is 0 Å². The SMILES string of the molecule is COc1cccc2c1CCCC2CN(C)CCc1ccc2c(c1)SCCC2. The minimum Gasteiger partial charge on any atom is -0.496 e. The van der Waals surface area contributed by atoms with E-state index >= 15 is 0 Å². The Morgan fingerprint density at radius 1 is 1.15 bits per heavy atom. The van der Waals surface area contributed by atoms with Gasteiger partial charge in [-0.15, -0.1) is 11.8 Å². The molecule has 0 aromatic heterocycles. The molecule has 0 fully saturated rings. The number of methoxy groups -OCH3 is 1. The van der Waals surface area contributed by atoms with Gasteiger partial charge in [0.25, 0.3) is 0 Å². The molecule has 0 radical (unpaired) electrons. The zero-order chi connectivity index (χ0) is 18.6. The predicted octanol–water partition coefficient (Wildman–Crippen LogP) is 5.33. The van der Waals surface area contributed by atoms with E-state index in [1.54, 1.807) is 12.7 Å². The monoisotopic (exact) mass is 381 g/mol. The highest BCUT2D eigenvalue weighted by Crippen LogP contribution is 2.37. The molecule has 144 valence electrons. The fraction of sp³-hybridized carbons (Fsp3) is 0.500. The number of rotatable bonds is 6. The van der Waals surface area contributed by atoms with Gasteiger partial charge in [-0.3, -0.25) is 0 Å². The summed E-state index contributed by atoms with van der Waals surface area (Å²) in [4.78, 5) is 4.04. The first-order valence-electron chi connectivity index (χ1n) is 10.3. The smallest absolute Gasteiger partial charge is 0.122 e. The lowest BCUT2D eigenvalue weighted by molar-refractivity contribution is 0.299. The molecule has 2 aliphatic rings. The van der Waals surface area contributed by atoms with Crippen molar-refractivity contribution in [1.82, 2.24) is 4.90 Å². The van der Waals surface area contributed by atoms with Gasteiger partial charge in [0.2, 0.25) is 0 Å². The van der Waals surface area contributed by atoms with E-state index in [0.717, 1.165) is 31.7 Å². The number of aryl methyl sites for hydroxylation is 1. The van der Waals surface area contributed by atoms with Crippen LogP contribution in [0.25, 0.3) is 0 Å². The largest absolute Gasteiger partial charge is 0.496 e. The van der Waals surface area contributed by atoms with E-state index in [-0.39, 0.29) is 0 Å². The molecule has 0 amide bonds.